The fourth-order valence-electron chi connectivity index (χ4n) is 4.94. The summed E-state index contributed by atoms with van der Waals surface area (Å²) >= 11 is 4.05. The van der Waals surface area contributed by atoms with Crippen molar-refractivity contribution in [2.45, 2.75) is 124 Å². The summed E-state index contributed by atoms with van der Waals surface area (Å²) in [5, 5.41) is 10.9. The molecule has 0 fully saturated rings. The lowest BCUT2D eigenvalue weighted by Crippen LogP contribution is -2.24. The standard InChI is InChI=1S/C27H48OS2/c1-18-21(14-29-26(10,11)16-24(4,5)6)19(2)23(28)20(3)22(18)15-30-27(12,13)17-25(7,8)9/h28H,14-17H2,1-13H3. The molecule has 0 saturated carbocycles. The molecule has 0 bridgehead atoms. The fourth-order valence-corrected chi connectivity index (χ4v) is 7.94. The summed E-state index contributed by atoms with van der Waals surface area (Å²) in [7, 11) is 0. The highest BCUT2D eigenvalue weighted by Gasteiger charge is 2.29. The van der Waals surface area contributed by atoms with Gasteiger partial charge in [0.05, 0.1) is 0 Å². The van der Waals surface area contributed by atoms with Gasteiger partial charge in [-0.2, -0.15) is 23.5 Å². The first kappa shape index (κ1) is 27.8. The van der Waals surface area contributed by atoms with Crippen LogP contribution in [-0.2, 0) is 11.5 Å². The Kier molecular flexibility index (Phi) is 8.97. The number of rotatable bonds is 8. The summed E-state index contributed by atoms with van der Waals surface area (Å²) < 4.78 is 0.419. The maximum atomic E-state index is 10.9. The lowest BCUT2D eigenvalue weighted by Gasteiger charge is -2.33. The van der Waals surface area contributed by atoms with Gasteiger partial charge in [-0.15, -0.1) is 0 Å². The first-order valence-corrected chi connectivity index (χ1v) is 13.3. The van der Waals surface area contributed by atoms with Gasteiger partial charge in [0, 0.05) is 21.0 Å². The van der Waals surface area contributed by atoms with Gasteiger partial charge in [-0.25, -0.2) is 0 Å². The molecule has 0 radical (unpaired) electrons. The summed E-state index contributed by atoms with van der Waals surface area (Å²) in [6.07, 6.45) is 2.34. The number of phenols is 1. The van der Waals surface area contributed by atoms with Crippen LogP contribution in [0, 0.1) is 31.6 Å². The van der Waals surface area contributed by atoms with Crippen LogP contribution in [0.3, 0.4) is 0 Å². The number of phenolic OH excluding ortho intramolecular Hbond substituents is 1. The lowest BCUT2D eigenvalue weighted by atomic mass is 9.86. The second-order valence-corrected chi connectivity index (χ2v) is 16.1. The molecule has 1 aromatic rings. The average Bonchev–Trinajstić information content (AvgIpc) is 2.47. The Morgan fingerprint density at radius 1 is 0.567 bits per heavy atom. The topological polar surface area (TPSA) is 20.2 Å². The molecule has 1 rings (SSSR count). The highest BCUT2D eigenvalue weighted by molar-refractivity contribution is 8.00. The second-order valence-electron chi connectivity index (χ2n) is 12.8. The number of hydrogen-bond acceptors (Lipinski definition) is 3. The van der Waals surface area contributed by atoms with E-state index in [1.807, 2.05) is 23.5 Å². The van der Waals surface area contributed by atoms with E-state index in [0.717, 1.165) is 22.6 Å². The van der Waals surface area contributed by atoms with Crippen LogP contribution in [0.4, 0.5) is 0 Å². The monoisotopic (exact) mass is 452 g/mol. The minimum absolute atomic E-state index is 0.210. The number of aromatic hydroxyl groups is 1. The van der Waals surface area contributed by atoms with Crippen LogP contribution in [0.25, 0.3) is 0 Å². The van der Waals surface area contributed by atoms with Gasteiger partial charge in [0.1, 0.15) is 5.75 Å². The van der Waals surface area contributed by atoms with Crippen molar-refractivity contribution >= 4 is 23.5 Å². The Bertz CT molecular complexity index is 672. The third-order valence-corrected chi connectivity index (χ3v) is 8.37. The zero-order chi connectivity index (χ0) is 23.7. The maximum absolute atomic E-state index is 10.9. The molecule has 174 valence electrons. The van der Waals surface area contributed by atoms with Gasteiger partial charge in [-0.05, 0) is 72.3 Å². The van der Waals surface area contributed by atoms with E-state index in [0.29, 0.717) is 16.6 Å². The second kappa shape index (κ2) is 9.69. The van der Waals surface area contributed by atoms with Crippen LogP contribution in [0.15, 0.2) is 0 Å². The van der Waals surface area contributed by atoms with Gasteiger partial charge >= 0.3 is 0 Å². The Balaban J connectivity index is 3.13. The van der Waals surface area contributed by atoms with Crippen molar-refractivity contribution in [2.24, 2.45) is 10.8 Å². The van der Waals surface area contributed by atoms with E-state index in [2.05, 4.69) is 90.0 Å². The smallest absolute Gasteiger partial charge is 0.122 e. The minimum atomic E-state index is 0.210. The van der Waals surface area contributed by atoms with Gasteiger partial charge in [-0.1, -0.05) is 69.2 Å². The molecule has 0 unspecified atom stereocenters. The molecule has 3 heteroatoms. The Hall–Kier alpha value is -0.280. The predicted octanol–water partition coefficient (Wildman–Crippen LogP) is 9.21. The molecular formula is C27H48OS2. The zero-order valence-corrected chi connectivity index (χ0v) is 23.7. The fraction of sp³-hybridized carbons (Fsp3) is 0.778. The minimum Gasteiger partial charge on any atom is -0.507 e. The Labute approximate surface area is 196 Å². The summed E-state index contributed by atoms with van der Waals surface area (Å²) in [4.78, 5) is 0. The van der Waals surface area contributed by atoms with Gasteiger partial charge in [0.2, 0.25) is 0 Å². The molecule has 1 aromatic carbocycles. The molecule has 0 aliphatic heterocycles. The largest absolute Gasteiger partial charge is 0.507 e. The first-order chi connectivity index (χ1) is 13.2. The summed E-state index contributed by atoms with van der Waals surface area (Å²) in [6.45, 7) is 29.8. The summed E-state index contributed by atoms with van der Waals surface area (Å²) in [5.41, 5.74) is 6.79. The maximum Gasteiger partial charge on any atom is 0.122 e. The Morgan fingerprint density at radius 3 is 1.13 bits per heavy atom. The molecule has 0 aliphatic carbocycles. The van der Waals surface area contributed by atoms with E-state index in [1.165, 1.54) is 29.5 Å². The molecule has 1 nitrogen and oxygen atoms in total. The zero-order valence-electron chi connectivity index (χ0n) is 22.1. The number of thioether (sulfide) groups is 2. The molecule has 0 heterocycles. The summed E-state index contributed by atoms with van der Waals surface area (Å²) in [5.74, 6) is 2.41. The van der Waals surface area contributed by atoms with Crippen LogP contribution in [0.2, 0.25) is 0 Å². The molecule has 0 aromatic heterocycles. The first-order valence-electron chi connectivity index (χ1n) is 11.3. The molecule has 0 spiro atoms. The SMILES string of the molecule is Cc1c(O)c(C)c(CSC(C)(C)CC(C)(C)C)c(C)c1CSC(C)(C)CC(C)(C)C. The van der Waals surface area contributed by atoms with Gasteiger partial charge in [-0.3, -0.25) is 0 Å². The van der Waals surface area contributed by atoms with Crippen LogP contribution in [-0.4, -0.2) is 14.6 Å². The van der Waals surface area contributed by atoms with Crippen molar-refractivity contribution in [1.82, 2.24) is 0 Å². The van der Waals surface area contributed by atoms with E-state index >= 15 is 0 Å². The highest BCUT2D eigenvalue weighted by atomic mass is 32.2. The summed E-state index contributed by atoms with van der Waals surface area (Å²) in [6, 6.07) is 0. The molecule has 1 N–H and O–H groups in total. The molecule has 30 heavy (non-hydrogen) atoms. The van der Waals surface area contributed by atoms with Gasteiger partial charge in [0.25, 0.3) is 0 Å². The molecule has 0 atom stereocenters. The molecule has 0 aliphatic rings. The predicted molar refractivity (Wildman–Crippen MR) is 141 cm³/mol. The van der Waals surface area contributed by atoms with Crippen molar-refractivity contribution < 1.29 is 5.11 Å². The van der Waals surface area contributed by atoms with Crippen LogP contribution in [0.1, 0.15) is 110 Å². The van der Waals surface area contributed by atoms with E-state index in [-0.39, 0.29) is 9.49 Å². The van der Waals surface area contributed by atoms with E-state index < -0.39 is 0 Å². The van der Waals surface area contributed by atoms with Gasteiger partial charge in [0.15, 0.2) is 0 Å². The number of benzene rings is 1. The Morgan fingerprint density at radius 2 is 0.867 bits per heavy atom. The average molecular weight is 453 g/mol. The van der Waals surface area contributed by atoms with Crippen molar-refractivity contribution in [2.75, 3.05) is 0 Å². The van der Waals surface area contributed by atoms with Crippen LogP contribution >= 0.6 is 23.5 Å². The molecule has 0 saturated heterocycles. The van der Waals surface area contributed by atoms with E-state index in [9.17, 15) is 5.11 Å². The van der Waals surface area contributed by atoms with E-state index in [4.69, 9.17) is 0 Å². The number of hydrogen-bond donors (Lipinski definition) is 1. The van der Waals surface area contributed by atoms with Crippen molar-refractivity contribution in [3.05, 3.63) is 27.8 Å². The normalized spacial score (nSPS) is 13.8. The van der Waals surface area contributed by atoms with E-state index in [1.54, 1.807) is 0 Å². The highest BCUT2D eigenvalue weighted by Crippen LogP contribution is 2.44. The van der Waals surface area contributed by atoms with Crippen molar-refractivity contribution in [1.29, 1.82) is 0 Å². The van der Waals surface area contributed by atoms with Gasteiger partial charge < -0.3 is 5.11 Å². The third kappa shape index (κ3) is 8.69. The van der Waals surface area contributed by atoms with Crippen molar-refractivity contribution in [3.8, 4) is 5.75 Å². The molecular weight excluding hydrogens is 404 g/mol. The lowest BCUT2D eigenvalue weighted by molar-refractivity contribution is 0.339. The van der Waals surface area contributed by atoms with Crippen LogP contribution < -0.4 is 0 Å². The van der Waals surface area contributed by atoms with Crippen molar-refractivity contribution in [3.63, 3.8) is 0 Å². The third-order valence-electron chi connectivity index (χ3n) is 5.65. The molecule has 0 amide bonds. The quantitative estimate of drug-likeness (QED) is 0.424. The van der Waals surface area contributed by atoms with Crippen LogP contribution in [0.5, 0.6) is 5.75 Å².